The molecule has 0 saturated heterocycles. The van der Waals surface area contributed by atoms with E-state index in [0.717, 1.165) is 5.69 Å². The van der Waals surface area contributed by atoms with Crippen molar-refractivity contribution in [2.45, 2.75) is 6.92 Å². The molecule has 0 aliphatic carbocycles. The van der Waals surface area contributed by atoms with Gasteiger partial charge < -0.3 is 14.8 Å². The molecule has 7 heteroatoms. The highest BCUT2D eigenvalue weighted by molar-refractivity contribution is 6.33. The Hall–Kier alpha value is -2.86. The van der Waals surface area contributed by atoms with Gasteiger partial charge in [-0.3, -0.25) is 4.79 Å². The number of carbonyl (C=O) groups is 2. The molecule has 23 heavy (non-hydrogen) atoms. The number of aromatic carboxylic acids is 1. The van der Waals surface area contributed by atoms with Crippen molar-refractivity contribution in [3.05, 3.63) is 64.6 Å². The van der Waals surface area contributed by atoms with Crippen molar-refractivity contribution in [3.8, 4) is 0 Å². The van der Waals surface area contributed by atoms with Gasteiger partial charge in [0.05, 0.1) is 10.6 Å². The second kappa shape index (κ2) is 5.73. The van der Waals surface area contributed by atoms with Crippen LogP contribution in [0.15, 0.2) is 42.6 Å². The number of aryl methyl sites for hydroxylation is 1. The van der Waals surface area contributed by atoms with Crippen LogP contribution >= 0.6 is 11.6 Å². The van der Waals surface area contributed by atoms with Crippen molar-refractivity contribution in [1.29, 1.82) is 0 Å². The highest BCUT2D eigenvalue weighted by atomic mass is 35.5. The number of nitrogens with one attached hydrogen (secondary N) is 1. The third-order valence-electron chi connectivity index (χ3n) is 3.38. The van der Waals surface area contributed by atoms with Gasteiger partial charge in [-0.05, 0) is 37.3 Å². The van der Waals surface area contributed by atoms with Gasteiger partial charge in [0.25, 0.3) is 5.91 Å². The number of fused-ring (bicyclic) bond motifs is 1. The first-order valence-corrected chi connectivity index (χ1v) is 7.12. The van der Waals surface area contributed by atoms with Crippen LogP contribution in [-0.2, 0) is 0 Å². The Labute approximate surface area is 136 Å². The molecule has 6 nitrogen and oxygen atoms in total. The van der Waals surface area contributed by atoms with E-state index >= 15 is 0 Å². The number of amides is 1. The molecule has 3 rings (SSSR count). The van der Waals surface area contributed by atoms with E-state index in [0.29, 0.717) is 11.3 Å². The van der Waals surface area contributed by atoms with Gasteiger partial charge in [0.2, 0.25) is 0 Å². The first kappa shape index (κ1) is 15.1. The van der Waals surface area contributed by atoms with Gasteiger partial charge in [0, 0.05) is 17.6 Å². The van der Waals surface area contributed by atoms with Crippen LogP contribution in [0.2, 0.25) is 5.02 Å². The predicted molar refractivity (Wildman–Crippen MR) is 86.3 cm³/mol. The van der Waals surface area contributed by atoms with Crippen molar-refractivity contribution >= 4 is 34.8 Å². The molecule has 1 amide bonds. The smallest absolute Gasteiger partial charge is 0.337 e. The number of rotatable bonds is 3. The largest absolute Gasteiger partial charge is 0.478 e. The van der Waals surface area contributed by atoms with Crippen LogP contribution < -0.4 is 5.32 Å². The Bertz CT molecular complexity index is 933. The van der Waals surface area contributed by atoms with Gasteiger partial charge >= 0.3 is 5.97 Å². The molecule has 0 unspecified atom stereocenters. The standard InChI is InChI=1S/C16H12ClN3O3/c1-9-3-2-4-14-19-13(8-20(9)14)15(21)18-10-5-6-12(17)11(7-10)16(22)23/h2-8H,1H3,(H,18,21)(H,22,23). The predicted octanol–water partition coefficient (Wildman–Crippen LogP) is 3.25. The highest BCUT2D eigenvalue weighted by Crippen LogP contribution is 2.21. The fraction of sp³-hybridized carbons (Fsp3) is 0.0625. The van der Waals surface area contributed by atoms with E-state index in [1.807, 2.05) is 19.1 Å². The van der Waals surface area contributed by atoms with Crippen LogP contribution in [0, 0.1) is 6.92 Å². The zero-order valence-corrected chi connectivity index (χ0v) is 12.8. The molecular formula is C16H12ClN3O3. The number of carboxylic acids is 1. The average molecular weight is 330 g/mol. The Morgan fingerprint density at radius 2 is 2.04 bits per heavy atom. The number of hydrogen-bond acceptors (Lipinski definition) is 3. The summed E-state index contributed by atoms with van der Waals surface area (Å²) in [5.74, 6) is -1.58. The van der Waals surface area contributed by atoms with Crippen LogP contribution in [0.1, 0.15) is 26.5 Å². The molecule has 0 saturated carbocycles. The summed E-state index contributed by atoms with van der Waals surface area (Å²) in [6.07, 6.45) is 1.63. The first-order chi connectivity index (χ1) is 11.0. The van der Waals surface area contributed by atoms with Gasteiger partial charge in [-0.2, -0.15) is 0 Å². The number of pyridine rings is 1. The van der Waals surface area contributed by atoms with Crippen LogP contribution in [-0.4, -0.2) is 26.4 Å². The lowest BCUT2D eigenvalue weighted by molar-refractivity contribution is 0.0696. The van der Waals surface area contributed by atoms with E-state index in [2.05, 4.69) is 10.3 Å². The molecule has 0 bridgehead atoms. The molecule has 2 N–H and O–H groups in total. The summed E-state index contributed by atoms with van der Waals surface area (Å²) in [6.45, 7) is 1.91. The Balaban J connectivity index is 1.90. The summed E-state index contributed by atoms with van der Waals surface area (Å²) in [4.78, 5) is 27.6. The molecule has 0 spiro atoms. The van der Waals surface area contributed by atoms with E-state index in [1.165, 1.54) is 18.2 Å². The van der Waals surface area contributed by atoms with E-state index in [9.17, 15) is 9.59 Å². The number of anilines is 1. The van der Waals surface area contributed by atoms with E-state index in [4.69, 9.17) is 16.7 Å². The third kappa shape index (κ3) is 2.89. The Morgan fingerprint density at radius 1 is 1.26 bits per heavy atom. The fourth-order valence-electron chi connectivity index (χ4n) is 2.22. The maximum absolute atomic E-state index is 12.3. The monoisotopic (exact) mass is 329 g/mol. The van der Waals surface area contributed by atoms with Crippen molar-refractivity contribution in [1.82, 2.24) is 9.38 Å². The maximum Gasteiger partial charge on any atom is 0.337 e. The van der Waals surface area contributed by atoms with Crippen LogP contribution in [0.5, 0.6) is 0 Å². The van der Waals surface area contributed by atoms with Crippen LogP contribution in [0.25, 0.3) is 5.65 Å². The quantitative estimate of drug-likeness (QED) is 0.772. The number of hydrogen-bond donors (Lipinski definition) is 2. The second-order valence-corrected chi connectivity index (χ2v) is 5.38. The second-order valence-electron chi connectivity index (χ2n) is 4.98. The molecule has 1 aromatic carbocycles. The van der Waals surface area contributed by atoms with Gasteiger partial charge in [-0.15, -0.1) is 0 Å². The summed E-state index contributed by atoms with van der Waals surface area (Å²) < 4.78 is 1.81. The molecule has 2 heterocycles. The lowest BCUT2D eigenvalue weighted by Gasteiger charge is -2.05. The number of benzene rings is 1. The summed E-state index contributed by atoms with van der Waals surface area (Å²) in [5.41, 5.74) is 2.12. The third-order valence-corrected chi connectivity index (χ3v) is 3.71. The SMILES string of the molecule is Cc1cccc2nc(C(=O)Nc3ccc(Cl)c(C(=O)O)c3)cn12. The lowest BCUT2D eigenvalue weighted by Crippen LogP contribution is -2.13. The molecule has 3 aromatic rings. The van der Waals surface area contributed by atoms with Gasteiger partial charge in [-0.1, -0.05) is 17.7 Å². The number of halogens is 1. The minimum Gasteiger partial charge on any atom is -0.478 e. The zero-order chi connectivity index (χ0) is 16.6. The molecule has 0 atom stereocenters. The van der Waals surface area contributed by atoms with Gasteiger partial charge in [0.1, 0.15) is 11.3 Å². The van der Waals surface area contributed by atoms with Crippen molar-refractivity contribution in [2.24, 2.45) is 0 Å². The number of carboxylic acid groups (broad SMARTS) is 1. The van der Waals surface area contributed by atoms with Crippen molar-refractivity contribution in [2.75, 3.05) is 5.32 Å². The van der Waals surface area contributed by atoms with E-state index in [1.54, 1.807) is 16.7 Å². The molecule has 0 radical (unpaired) electrons. The maximum atomic E-state index is 12.3. The lowest BCUT2D eigenvalue weighted by atomic mass is 10.2. The summed E-state index contributed by atoms with van der Waals surface area (Å²) in [7, 11) is 0. The molecule has 116 valence electrons. The van der Waals surface area contributed by atoms with Crippen LogP contribution in [0.4, 0.5) is 5.69 Å². The van der Waals surface area contributed by atoms with Crippen molar-refractivity contribution in [3.63, 3.8) is 0 Å². The fourth-order valence-corrected chi connectivity index (χ4v) is 2.42. The van der Waals surface area contributed by atoms with Crippen molar-refractivity contribution < 1.29 is 14.7 Å². The Morgan fingerprint density at radius 3 is 2.74 bits per heavy atom. The molecular weight excluding hydrogens is 318 g/mol. The summed E-state index contributed by atoms with van der Waals surface area (Å²) in [6, 6.07) is 9.84. The number of imidazole rings is 1. The van der Waals surface area contributed by atoms with E-state index < -0.39 is 11.9 Å². The van der Waals surface area contributed by atoms with E-state index in [-0.39, 0.29) is 16.3 Å². The number of aromatic nitrogens is 2. The summed E-state index contributed by atoms with van der Waals surface area (Å²) >= 11 is 5.81. The first-order valence-electron chi connectivity index (χ1n) is 6.74. The molecule has 0 aliphatic heterocycles. The topological polar surface area (TPSA) is 83.7 Å². The molecule has 0 aliphatic rings. The normalized spacial score (nSPS) is 10.7. The van der Waals surface area contributed by atoms with Crippen LogP contribution in [0.3, 0.4) is 0 Å². The summed E-state index contributed by atoms with van der Waals surface area (Å²) in [5, 5.41) is 11.8. The highest BCUT2D eigenvalue weighted by Gasteiger charge is 2.14. The number of carbonyl (C=O) groups excluding carboxylic acids is 1. The Kier molecular flexibility index (Phi) is 3.75. The molecule has 0 fully saturated rings. The van der Waals surface area contributed by atoms with Gasteiger partial charge in [0.15, 0.2) is 0 Å². The average Bonchev–Trinajstić information content (AvgIpc) is 2.94. The minimum atomic E-state index is -1.16. The molecule has 2 aromatic heterocycles. The van der Waals surface area contributed by atoms with Gasteiger partial charge in [-0.25, -0.2) is 9.78 Å². The zero-order valence-electron chi connectivity index (χ0n) is 12.1. The number of nitrogens with zero attached hydrogens (tertiary/aromatic N) is 2. The minimum absolute atomic E-state index is 0.0738.